The summed E-state index contributed by atoms with van der Waals surface area (Å²) in [6.07, 6.45) is 1.54. The van der Waals surface area contributed by atoms with Crippen molar-refractivity contribution in [2.75, 3.05) is 0 Å². The molecule has 0 aliphatic heterocycles. The number of rotatable bonds is 3. The molecule has 1 aromatic heterocycles. The van der Waals surface area contributed by atoms with Crippen LogP contribution < -0.4 is 5.32 Å². The van der Waals surface area contributed by atoms with E-state index in [1.165, 1.54) is 23.1 Å². The topological polar surface area (TPSA) is 59.8 Å². The Morgan fingerprint density at radius 3 is 2.94 bits per heavy atom. The summed E-state index contributed by atoms with van der Waals surface area (Å²) in [6.45, 7) is 1.98. The van der Waals surface area contributed by atoms with E-state index in [2.05, 4.69) is 15.4 Å². The molecule has 0 saturated heterocycles. The summed E-state index contributed by atoms with van der Waals surface area (Å²) < 4.78 is 15.0. The predicted molar refractivity (Wildman–Crippen MR) is 63.3 cm³/mol. The highest BCUT2D eigenvalue weighted by Crippen LogP contribution is 2.09. The monoisotopic (exact) mass is 248 g/mol. The summed E-state index contributed by atoms with van der Waals surface area (Å²) in [7, 11) is 1.73. The largest absolute Gasteiger partial charge is 0.345 e. The average Bonchev–Trinajstić information content (AvgIpc) is 2.75. The number of nitrogens with zero attached hydrogens (tertiary/aromatic N) is 3. The smallest absolute Gasteiger partial charge is 0.254 e. The van der Waals surface area contributed by atoms with Gasteiger partial charge in [-0.05, 0) is 19.1 Å². The molecule has 0 atom stereocenters. The summed E-state index contributed by atoms with van der Waals surface area (Å²) in [6, 6.07) is 4.41. The fourth-order valence-corrected chi connectivity index (χ4v) is 1.53. The summed E-state index contributed by atoms with van der Waals surface area (Å²) in [4.78, 5) is 15.7. The predicted octanol–water partition coefficient (Wildman–Crippen LogP) is 1.19. The highest BCUT2D eigenvalue weighted by molar-refractivity contribution is 5.94. The van der Waals surface area contributed by atoms with Gasteiger partial charge in [0.15, 0.2) is 5.82 Å². The molecule has 1 amide bonds. The highest BCUT2D eigenvalue weighted by atomic mass is 19.1. The molecule has 2 rings (SSSR count). The van der Waals surface area contributed by atoms with Crippen LogP contribution >= 0.6 is 0 Å². The minimum atomic E-state index is -0.535. The van der Waals surface area contributed by atoms with E-state index in [0.717, 1.165) is 5.56 Å². The van der Waals surface area contributed by atoms with Gasteiger partial charge in [0.2, 0.25) is 0 Å². The molecule has 6 heteroatoms. The van der Waals surface area contributed by atoms with Gasteiger partial charge in [0.25, 0.3) is 5.91 Å². The number of aryl methyl sites for hydroxylation is 2. The first-order chi connectivity index (χ1) is 8.56. The van der Waals surface area contributed by atoms with E-state index in [9.17, 15) is 9.18 Å². The standard InChI is InChI=1S/C12H13FN4O/c1-8-3-4-10(13)9(5-8)12(18)14-6-11-15-7-17(2)16-11/h3-5,7H,6H2,1-2H3,(H,14,18). The summed E-state index contributed by atoms with van der Waals surface area (Å²) in [5.41, 5.74) is 0.864. The van der Waals surface area contributed by atoms with Gasteiger partial charge in [-0.25, -0.2) is 9.37 Å². The van der Waals surface area contributed by atoms with Crippen LogP contribution in [0.15, 0.2) is 24.5 Å². The molecule has 2 aromatic rings. The van der Waals surface area contributed by atoms with Crippen molar-refractivity contribution in [2.45, 2.75) is 13.5 Å². The molecule has 18 heavy (non-hydrogen) atoms. The molecule has 0 aliphatic carbocycles. The Hall–Kier alpha value is -2.24. The number of amides is 1. The minimum absolute atomic E-state index is 0.0333. The van der Waals surface area contributed by atoms with Gasteiger partial charge in [0.1, 0.15) is 12.1 Å². The molecule has 5 nitrogen and oxygen atoms in total. The van der Waals surface area contributed by atoms with Crippen molar-refractivity contribution in [3.63, 3.8) is 0 Å². The van der Waals surface area contributed by atoms with Crippen LogP contribution in [0.2, 0.25) is 0 Å². The molecule has 1 N–H and O–H groups in total. The molecule has 0 aliphatic rings. The number of hydrogen-bond donors (Lipinski definition) is 1. The lowest BCUT2D eigenvalue weighted by atomic mass is 10.1. The van der Waals surface area contributed by atoms with Crippen molar-refractivity contribution in [3.8, 4) is 0 Å². The molecule has 1 heterocycles. The van der Waals surface area contributed by atoms with Gasteiger partial charge in [-0.3, -0.25) is 9.48 Å². The Morgan fingerprint density at radius 2 is 2.28 bits per heavy atom. The zero-order chi connectivity index (χ0) is 13.1. The summed E-state index contributed by atoms with van der Waals surface area (Å²) in [5, 5.41) is 6.59. The molecule has 0 radical (unpaired) electrons. The van der Waals surface area contributed by atoms with Crippen molar-refractivity contribution < 1.29 is 9.18 Å². The summed E-state index contributed by atoms with van der Waals surface area (Å²) in [5.74, 6) is -0.519. The third-order valence-corrected chi connectivity index (χ3v) is 2.42. The van der Waals surface area contributed by atoms with Crippen molar-refractivity contribution in [1.29, 1.82) is 0 Å². The van der Waals surface area contributed by atoms with E-state index in [-0.39, 0.29) is 12.1 Å². The van der Waals surface area contributed by atoms with Crippen molar-refractivity contribution in [3.05, 3.63) is 47.3 Å². The Bertz CT molecular complexity index is 579. The first kappa shape index (κ1) is 12.2. The van der Waals surface area contributed by atoms with Crippen LogP contribution in [0.5, 0.6) is 0 Å². The van der Waals surface area contributed by atoms with Crippen LogP contribution in [-0.2, 0) is 13.6 Å². The molecular weight excluding hydrogens is 235 g/mol. The minimum Gasteiger partial charge on any atom is -0.345 e. The molecule has 0 saturated carbocycles. The van der Waals surface area contributed by atoms with Crippen molar-refractivity contribution in [1.82, 2.24) is 20.1 Å². The second-order valence-corrected chi connectivity index (χ2v) is 4.00. The molecule has 94 valence electrons. The Balaban J connectivity index is 2.05. The quantitative estimate of drug-likeness (QED) is 0.887. The number of hydrogen-bond acceptors (Lipinski definition) is 3. The maximum absolute atomic E-state index is 13.5. The summed E-state index contributed by atoms with van der Waals surface area (Å²) >= 11 is 0. The van der Waals surface area contributed by atoms with Gasteiger partial charge < -0.3 is 5.32 Å². The number of nitrogens with one attached hydrogen (secondary N) is 1. The average molecular weight is 248 g/mol. The van der Waals surface area contributed by atoms with E-state index in [4.69, 9.17) is 0 Å². The van der Waals surface area contributed by atoms with Gasteiger partial charge in [-0.2, -0.15) is 5.10 Å². The van der Waals surface area contributed by atoms with Crippen LogP contribution in [0, 0.1) is 12.7 Å². The van der Waals surface area contributed by atoms with Crippen LogP contribution in [0.3, 0.4) is 0 Å². The highest BCUT2D eigenvalue weighted by Gasteiger charge is 2.12. The zero-order valence-electron chi connectivity index (χ0n) is 10.1. The zero-order valence-corrected chi connectivity index (χ0v) is 10.1. The van der Waals surface area contributed by atoms with Gasteiger partial charge >= 0.3 is 0 Å². The number of halogens is 1. The van der Waals surface area contributed by atoms with Crippen molar-refractivity contribution >= 4 is 5.91 Å². The second kappa shape index (κ2) is 4.95. The molecule has 0 spiro atoms. The maximum Gasteiger partial charge on any atom is 0.254 e. The first-order valence-corrected chi connectivity index (χ1v) is 5.45. The number of aromatic nitrogens is 3. The van der Waals surface area contributed by atoms with E-state index in [0.29, 0.717) is 5.82 Å². The third kappa shape index (κ3) is 2.71. The van der Waals surface area contributed by atoms with Crippen LogP contribution in [0.25, 0.3) is 0 Å². The van der Waals surface area contributed by atoms with E-state index in [1.807, 2.05) is 0 Å². The van der Waals surface area contributed by atoms with Gasteiger partial charge in [-0.15, -0.1) is 0 Å². The normalized spacial score (nSPS) is 10.4. The molecular formula is C12H13FN4O. The second-order valence-electron chi connectivity index (χ2n) is 4.00. The van der Waals surface area contributed by atoms with E-state index < -0.39 is 11.7 Å². The Kier molecular flexibility index (Phi) is 3.36. The molecule has 0 unspecified atom stereocenters. The van der Waals surface area contributed by atoms with Crippen LogP contribution in [0.4, 0.5) is 4.39 Å². The van der Waals surface area contributed by atoms with Gasteiger partial charge in [0.05, 0.1) is 12.1 Å². The molecule has 1 aromatic carbocycles. The fourth-order valence-electron chi connectivity index (χ4n) is 1.53. The first-order valence-electron chi connectivity index (χ1n) is 5.45. The Morgan fingerprint density at radius 1 is 1.50 bits per heavy atom. The molecule has 0 bridgehead atoms. The van der Waals surface area contributed by atoms with Crippen LogP contribution in [-0.4, -0.2) is 20.7 Å². The van der Waals surface area contributed by atoms with Gasteiger partial charge in [0, 0.05) is 7.05 Å². The third-order valence-electron chi connectivity index (χ3n) is 2.42. The number of benzene rings is 1. The Labute approximate surface area is 104 Å². The SMILES string of the molecule is Cc1ccc(F)c(C(=O)NCc2ncn(C)n2)c1. The van der Waals surface area contributed by atoms with Crippen LogP contribution in [0.1, 0.15) is 21.7 Å². The van der Waals surface area contributed by atoms with Gasteiger partial charge in [-0.1, -0.05) is 11.6 Å². The molecule has 0 fully saturated rings. The van der Waals surface area contributed by atoms with E-state index in [1.54, 1.807) is 20.0 Å². The van der Waals surface area contributed by atoms with Crippen molar-refractivity contribution in [2.24, 2.45) is 7.05 Å². The fraction of sp³-hybridized carbons (Fsp3) is 0.250. The number of carbonyl (C=O) groups excluding carboxylic acids is 1. The number of carbonyl (C=O) groups is 1. The lowest BCUT2D eigenvalue weighted by Crippen LogP contribution is -2.24. The lowest BCUT2D eigenvalue weighted by Gasteiger charge is -2.05. The van der Waals surface area contributed by atoms with E-state index >= 15 is 0 Å². The lowest BCUT2D eigenvalue weighted by molar-refractivity contribution is 0.0945. The maximum atomic E-state index is 13.5.